The summed E-state index contributed by atoms with van der Waals surface area (Å²) >= 11 is 2.99. The monoisotopic (exact) mass is 389 g/mol. The molecule has 2 aromatic heterocycles. The molecule has 136 valence electrons. The number of phenolic OH excluding ortho intramolecular Hbond substituents is 1. The number of carbonyl (C=O) groups excluding carboxylic acids is 1. The number of aromatic amines is 1. The number of aromatic nitrogens is 4. The van der Waals surface area contributed by atoms with Gasteiger partial charge in [-0.2, -0.15) is 5.10 Å². The number of benzene rings is 1. The Balaban J connectivity index is 1.68. The predicted octanol–water partition coefficient (Wildman–Crippen LogP) is 4.09. The third kappa shape index (κ3) is 4.23. The van der Waals surface area contributed by atoms with Crippen molar-refractivity contribution in [1.82, 2.24) is 20.4 Å². The van der Waals surface area contributed by atoms with Crippen LogP contribution in [0, 0.1) is 6.92 Å². The lowest BCUT2D eigenvalue weighted by molar-refractivity contribution is 0.102. The highest BCUT2D eigenvalue weighted by atomic mass is 32.2. The largest absolute Gasteiger partial charge is 0.507 e. The molecule has 0 aliphatic rings. The number of H-pyrrole nitrogens is 1. The molecule has 0 unspecified atom stereocenters. The maximum absolute atomic E-state index is 12.4. The summed E-state index contributed by atoms with van der Waals surface area (Å²) in [5.41, 5.74) is 2.12. The van der Waals surface area contributed by atoms with Gasteiger partial charge < -0.3 is 5.11 Å². The maximum Gasteiger partial charge on any atom is 0.275 e. The Hall–Kier alpha value is -2.39. The van der Waals surface area contributed by atoms with Crippen molar-refractivity contribution < 1.29 is 9.90 Å². The van der Waals surface area contributed by atoms with Gasteiger partial charge >= 0.3 is 0 Å². The number of rotatable bonds is 7. The van der Waals surface area contributed by atoms with Crippen molar-refractivity contribution in [2.45, 2.75) is 31.0 Å². The SMILES string of the molecule is CCCCSc1nnc(NC(=O)c2cc(-c3cccc(C)c3O)n[nH]2)s1. The molecule has 1 amide bonds. The molecule has 0 saturated heterocycles. The maximum atomic E-state index is 12.4. The standard InChI is InChI=1S/C17H19N5O2S2/c1-3-4-8-25-17-22-21-16(26-17)18-15(24)13-9-12(19-20-13)11-7-5-6-10(2)14(11)23/h5-7,9,23H,3-4,8H2,1-2H3,(H,19,20)(H,18,21,24). The van der Waals surface area contributed by atoms with Crippen LogP contribution in [0.4, 0.5) is 5.13 Å². The van der Waals surface area contributed by atoms with E-state index in [1.165, 1.54) is 11.3 Å². The number of thioether (sulfide) groups is 1. The Morgan fingerprint density at radius 3 is 3.04 bits per heavy atom. The number of hydrogen-bond donors (Lipinski definition) is 3. The summed E-state index contributed by atoms with van der Waals surface area (Å²) in [5, 5.41) is 28.2. The number of amides is 1. The highest BCUT2D eigenvalue weighted by molar-refractivity contribution is 8.01. The zero-order valence-electron chi connectivity index (χ0n) is 14.4. The van der Waals surface area contributed by atoms with Gasteiger partial charge in [0.05, 0.1) is 5.69 Å². The van der Waals surface area contributed by atoms with Crippen molar-refractivity contribution >= 4 is 34.1 Å². The molecule has 3 rings (SSSR count). The molecular formula is C17H19N5O2S2. The van der Waals surface area contributed by atoms with Crippen LogP contribution < -0.4 is 5.32 Å². The Morgan fingerprint density at radius 2 is 2.23 bits per heavy atom. The topological polar surface area (TPSA) is 104 Å². The minimum atomic E-state index is -0.350. The van der Waals surface area contributed by atoms with E-state index in [1.807, 2.05) is 19.1 Å². The molecule has 9 heteroatoms. The van der Waals surface area contributed by atoms with Crippen LogP contribution in [0.2, 0.25) is 0 Å². The number of para-hydroxylation sites is 1. The minimum Gasteiger partial charge on any atom is -0.507 e. The predicted molar refractivity (Wildman–Crippen MR) is 104 cm³/mol. The Morgan fingerprint density at radius 1 is 1.38 bits per heavy atom. The molecule has 0 radical (unpaired) electrons. The first-order valence-corrected chi connectivity index (χ1v) is 10.0. The first-order valence-electron chi connectivity index (χ1n) is 8.20. The second kappa shape index (κ2) is 8.33. The summed E-state index contributed by atoms with van der Waals surface area (Å²) in [6.45, 7) is 3.95. The summed E-state index contributed by atoms with van der Waals surface area (Å²) in [7, 11) is 0. The number of nitrogens with one attached hydrogen (secondary N) is 2. The molecule has 7 nitrogen and oxygen atoms in total. The van der Waals surface area contributed by atoms with Crippen LogP contribution in [0.3, 0.4) is 0 Å². The van der Waals surface area contributed by atoms with Crippen LogP contribution >= 0.6 is 23.1 Å². The molecule has 0 fully saturated rings. The van der Waals surface area contributed by atoms with Gasteiger partial charge in [0.25, 0.3) is 5.91 Å². The number of phenols is 1. The Bertz CT molecular complexity index is 906. The van der Waals surface area contributed by atoms with Crippen molar-refractivity contribution in [3.8, 4) is 17.0 Å². The second-order valence-corrected chi connectivity index (χ2v) is 7.99. The number of carbonyl (C=O) groups is 1. The molecule has 0 saturated carbocycles. The minimum absolute atomic E-state index is 0.156. The Kier molecular flexibility index (Phi) is 5.89. The van der Waals surface area contributed by atoms with E-state index in [4.69, 9.17) is 0 Å². The summed E-state index contributed by atoms with van der Waals surface area (Å²) in [6, 6.07) is 7.00. The highest BCUT2D eigenvalue weighted by Crippen LogP contribution is 2.31. The molecule has 3 N–H and O–H groups in total. The first kappa shape index (κ1) is 18.4. The number of aromatic hydroxyl groups is 1. The van der Waals surface area contributed by atoms with Gasteiger partial charge in [0.15, 0.2) is 4.34 Å². The van der Waals surface area contributed by atoms with Crippen LogP contribution in [0.25, 0.3) is 11.3 Å². The number of nitrogens with zero attached hydrogens (tertiary/aromatic N) is 3. The molecular weight excluding hydrogens is 370 g/mol. The fraction of sp³-hybridized carbons (Fsp3) is 0.294. The van der Waals surface area contributed by atoms with Crippen LogP contribution in [0.5, 0.6) is 5.75 Å². The van der Waals surface area contributed by atoms with Gasteiger partial charge in [-0.15, -0.1) is 10.2 Å². The van der Waals surface area contributed by atoms with Crippen molar-refractivity contribution in [3.63, 3.8) is 0 Å². The second-order valence-electron chi connectivity index (χ2n) is 5.67. The van der Waals surface area contributed by atoms with Gasteiger partial charge in [0.1, 0.15) is 11.4 Å². The summed E-state index contributed by atoms with van der Waals surface area (Å²) < 4.78 is 0.837. The number of hydrogen-bond acceptors (Lipinski definition) is 7. The van der Waals surface area contributed by atoms with Crippen LogP contribution in [-0.4, -0.2) is 37.2 Å². The zero-order chi connectivity index (χ0) is 18.5. The average Bonchev–Trinajstić information content (AvgIpc) is 3.27. The van der Waals surface area contributed by atoms with Gasteiger partial charge in [-0.1, -0.05) is 48.6 Å². The van der Waals surface area contributed by atoms with Gasteiger partial charge in [-0.05, 0) is 31.0 Å². The molecule has 0 atom stereocenters. The number of anilines is 1. The molecule has 2 heterocycles. The number of aryl methyl sites for hydroxylation is 1. The van der Waals surface area contributed by atoms with Crippen molar-refractivity contribution in [3.05, 3.63) is 35.5 Å². The zero-order valence-corrected chi connectivity index (χ0v) is 16.1. The van der Waals surface area contributed by atoms with E-state index in [2.05, 4.69) is 32.6 Å². The van der Waals surface area contributed by atoms with Gasteiger partial charge in [0, 0.05) is 11.3 Å². The van der Waals surface area contributed by atoms with Crippen LogP contribution in [0.1, 0.15) is 35.8 Å². The van der Waals surface area contributed by atoms with Gasteiger partial charge in [-0.3, -0.25) is 15.2 Å². The third-order valence-electron chi connectivity index (χ3n) is 3.69. The first-order chi connectivity index (χ1) is 12.6. The average molecular weight is 390 g/mol. The lowest BCUT2D eigenvalue weighted by atomic mass is 10.1. The molecule has 1 aromatic carbocycles. The van der Waals surface area contributed by atoms with E-state index >= 15 is 0 Å². The summed E-state index contributed by atoms with van der Waals surface area (Å²) in [4.78, 5) is 12.4. The molecule has 0 bridgehead atoms. The normalized spacial score (nSPS) is 10.8. The van der Waals surface area contributed by atoms with E-state index in [1.54, 1.807) is 23.9 Å². The van der Waals surface area contributed by atoms with E-state index in [9.17, 15) is 9.90 Å². The number of unbranched alkanes of at least 4 members (excludes halogenated alkanes) is 1. The highest BCUT2D eigenvalue weighted by Gasteiger charge is 2.16. The van der Waals surface area contributed by atoms with Crippen LogP contribution in [-0.2, 0) is 0 Å². The summed E-state index contributed by atoms with van der Waals surface area (Å²) in [6.07, 6.45) is 2.25. The molecule has 26 heavy (non-hydrogen) atoms. The quantitative estimate of drug-likeness (QED) is 0.319. The van der Waals surface area contributed by atoms with Crippen molar-refractivity contribution in [2.24, 2.45) is 0 Å². The van der Waals surface area contributed by atoms with E-state index in [0.29, 0.717) is 16.4 Å². The smallest absolute Gasteiger partial charge is 0.275 e. The van der Waals surface area contributed by atoms with Crippen molar-refractivity contribution in [2.75, 3.05) is 11.1 Å². The van der Waals surface area contributed by atoms with E-state index in [0.717, 1.165) is 28.5 Å². The molecule has 0 spiro atoms. The third-order valence-corrected chi connectivity index (χ3v) is 5.74. The van der Waals surface area contributed by atoms with Crippen molar-refractivity contribution in [1.29, 1.82) is 0 Å². The molecule has 0 aliphatic heterocycles. The van der Waals surface area contributed by atoms with E-state index < -0.39 is 0 Å². The van der Waals surface area contributed by atoms with Gasteiger partial charge in [-0.25, -0.2) is 0 Å². The molecule has 0 aliphatic carbocycles. The lowest BCUT2D eigenvalue weighted by Gasteiger charge is -2.03. The fourth-order valence-electron chi connectivity index (χ4n) is 2.23. The lowest BCUT2D eigenvalue weighted by Crippen LogP contribution is -2.12. The van der Waals surface area contributed by atoms with Gasteiger partial charge in [0.2, 0.25) is 5.13 Å². The Labute approximate surface area is 159 Å². The van der Waals surface area contributed by atoms with E-state index in [-0.39, 0.29) is 17.4 Å². The fourth-order valence-corrected chi connectivity index (χ4v) is 4.13. The van der Waals surface area contributed by atoms with Crippen LogP contribution in [0.15, 0.2) is 28.6 Å². The summed E-state index contributed by atoms with van der Waals surface area (Å²) in [5.74, 6) is 0.796. The molecule has 3 aromatic rings.